The van der Waals surface area contributed by atoms with Crippen molar-refractivity contribution in [3.05, 3.63) is 55.5 Å². The van der Waals surface area contributed by atoms with E-state index in [4.69, 9.17) is 5.73 Å². The van der Waals surface area contributed by atoms with Crippen molar-refractivity contribution in [1.29, 1.82) is 0 Å². The number of hydrogen-bond acceptors (Lipinski definition) is 8. The number of nitro groups is 2. The van der Waals surface area contributed by atoms with E-state index in [0.717, 1.165) is 11.4 Å². The smallest absolute Gasteiger partial charge is 0.382 e. The van der Waals surface area contributed by atoms with Gasteiger partial charge in [-0.3, -0.25) is 4.68 Å². The van der Waals surface area contributed by atoms with Crippen molar-refractivity contribution in [2.24, 2.45) is 14.1 Å². The molecule has 3 rings (SSSR count). The Balaban J connectivity index is 0.000000204. The van der Waals surface area contributed by atoms with Crippen molar-refractivity contribution in [2.45, 2.75) is 20.8 Å². The number of nitrogen functional groups attached to an aromatic ring is 1. The molecule has 13 heteroatoms. The van der Waals surface area contributed by atoms with E-state index < -0.39 is 9.85 Å². The zero-order valence-electron chi connectivity index (χ0n) is 15.6. The van der Waals surface area contributed by atoms with Gasteiger partial charge in [0.1, 0.15) is 5.82 Å². The van der Waals surface area contributed by atoms with Gasteiger partial charge in [0.2, 0.25) is 0 Å². The summed E-state index contributed by atoms with van der Waals surface area (Å²) >= 11 is 0. The van der Waals surface area contributed by atoms with E-state index in [-0.39, 0.29) is 11.6 Å². The number of aromatic nitrogens is 6. The van der Waals surface area contributed by atoms with Crippen LogP contribution < -0.4 is 5.73 Å². The Hall–Kier alpha value is -3.77. The topological polar surface area (TPSA) is 177 Å². The van der Waals surface area contributed by atoms with E-state index in [0.29, 0.717) is 11.5 Å². The first kappa shape index (κ1) is 21.3. The van der Waals surface area contributed by atoms with Crippen LogP contribution in [0.2, 0.25) is 0 Å². The van der Waals surface area contributed by atoms with Crippen LogP contribution in [0.25, 0.3) is 0 Å². The molecule has 0 saturated heterocycles. The van der Waals surface area contributed by atoms with E-state index in [1.54, 1.807) is 25.6 Å². The molecule has 27 heavy (non-hydrogen) atoms. The lowest BCUT2D eigenvalue weighted by Crippen LogP contribution is -1.93. The minimum absolute atomic E-state index is 0.0625. The Morgan fingerprint density at radius 3 is 1.70 bits per heavy atom. The van der Waals surface area contributed by atoms with Gasteiger partial charge in [-0.2, -0.15) is 9.78 Å². The van der Waals surface area contributed by atoms with Crippen LogP contribution in [-0.2, 0) is 14.1 Å². The molecule has 0 amide bonds. The van der Waals surface area contributed by atoms with E-state index in [2.05, 4.69) is 20.4 Å². The molecule has 0 radical (unpaired) electrons. The van der Waals surface area contributed by atoms with Crippen LogP contribution in [0.15, 0.2) is 18.2 Å². The fourth-order valence-corrected chi connectivity index (χ4v) is 1.72. The molecule has 0 aromatic carbocycles. The largest absolute Gasteiger partial charge is 0.390 e. The molecule has 13 nitrogen and oxygen atoms in total. The predicted molar refractivity (Wildman–Crippen MR) is 96.9 cm³/mol. The molecule has 0 spiro atoms. The highest BCUT2D eigenvalue weighted by Gasteiger charge is 2.11. The third-order valence-electron chi connectivity index (χ3n) is 3.31. The summed E-state index contributed by atoms with van der Waals surface area (Å²) < 4.78 is 3.22. The number of anilines is 1. The molecule has 0 unspecified atom stereocenters. The van der Waals surface area contributed by atoms with Crippen molar-refractivity contribution >= 4 is 17.5 Å². The average Bonchev–Trinajstić information content (AvgIpc) is 3.22. The van der Waals surface area contributed by atoms with E-state index in [9.17, 15) is 20.2 Å². The van der Waals surface area contributed by atoms with Gasteiger partial charge in [-0.1, -0.05) is 5.10 Å². The summed E-state index contributed by atoms with van der Waals surface area (Å²) in [6.45, 7) is 5.41. The normalized spacial score (nSPS) is 9.67. The third kappa shape index (κ3) is 6.56. The number of hydrogen-bond donors (Lipinski definition) is 2. The summed E-state index contributed by atoms with van der Waals surface area (Å²) in [5, 5.41) is 33.4. The number of aromatic amines is 1. The highest BCUT2D eigenvalue weighted by molar-refractivity contribution is 5.28. The highest BCUT2D eigenvalue weighted by Crippen LogP contribution is 2.08. The zero-order valence-corrected chi connectivity index (χ0v) is 15.6. The van der Waals surface area contributed by atoms with Crippen molar-refractivity contribution in [3.8, 4) is 0 Å². The fraction of sp³-hybridized carbons (Fsp3) is 0.357. The summed E-state index contributed by atoms with van der Waals surface area (Å²) in [5.41, 5.74) is 7.84. The van der Waals surface area contributed by atoms with Gasteiger partial charge in [-0.15, -0.1) is 5.10 Å². The number of nitrogens with one attached hydrogen (secondary N) is 1. The van der Waals surface area contributed by atoms with Crippen LogP contribution in [0.3, 0.4) is 0 Å². The van der Waals surface area contributed by atoms with Crippen LogP contribution in [0.5, 0.6) is 0 Å². The SMILES string of the molecule is Cc1cc(N)nn1C.Cc1cc([N+](=O)[O-])[nH]n1.Cc1cc([N+](=O)[O-])nn1C. The molecular formula is C14H21N9O4. The third-order valence-corrected chi connectivity index (χ3v) is 3.31. The Morgan fingerprint density at radius 2 is 1.52 bits per heavy atom. The maximum Gasteiger partial charge on any atom is 0.390 e. The first-order valence-corrected chi connectivity index (χ1v) is 7.58. The molecule has 0 fully saturated rings. The van der Waals surface area contributed by atoms with Crippen LogP contribution >= 0.6 is 0 Å². The van der Waals surface area contributed by atoms with Crippen LogP contribution in [0.4, 0.5) is 17.5 Å². The molecule has 0 aliphatic heterocycles. The molecule has 3 heterocycles. The zero-order chi connectivity index (χ0) is 20.7. The van der Waals surface area contributed by atoms with Gasteiger partial charge in [-0.05, 0) is 30.6 Å². The van der Waals surface area contributed by atoms with Gasteiger partial charge in [0.25, 0.3) is 0 Å². The number of nitrogens with zero attached hydrogens (tertiary/aromatic N) is 7. The number of nitrogens with two attached hydrogens (primary N) is 1. The maximum atomic E-state index is 10.1. The minimum atomic E-state index is -0.514. The molecule has 0 saturated carbocycles. The summed E-state index contributed by atoms with van der Waals surface area (Å²) in [5.74, 6) is 0.428. The number of rotatable bonds is 2. The van der Waals surface area contributed by atoms with Gasteiger partial charge in [0.05, 0.1) is 35.7 Å². The van der Waals surface area contributed by atoms with Crippen molar-refractivity contribution in [3.63, 3.8) is 0 Å². The van der Waals surface area contributed by atoms with Gasteiger partial charge < -0.3 is 26.0 Å². The second-order valence-electron chi connectivity index (χ2n) is 5.51. The summed E-state index contributed by atoms with van der Waals surface area (Å²) in [6, 6.07) is 4.64. The van der Waals surface area contributed by atoms with Gasteiger partial charge in [0, 0.05) is 18.8 Å². The van der Waals surface area contributed by atoms with E-state index >= 15 is 0 Å². The maximum absolute atomic E-state index is 10.1. The first-order chi connectivity index (χ1) is 12.5. The lowest BCUT2D eigenvalue weighted by Gasteiger charge is -1.87. The summed E-state index contributed by atoms with van der Waals surface area (Å²) in [4.78, 5) is 19.0. The monoisotopic (exact) mass is 379 g/mol. The molecule has 3 aromatic heterocycles. The van der Waals surface area contributed by atoms with Gasteiger partial charge in [0.15, 0.2) is 0 Å². The quantitative estimate of drug-likeness (QED) is 0.497. The molecule has 3 aromatic rings. The van der Waals surface area contributed by atoms with Crippen molar-refractivity contribution in [1.82, 2.24) is 29.8 Å². The van der Waals surface area contributed by atoms with Crippen LogP contribution in [0, 0.1) is 41.0 Å². The molecule has 146 valence electrons. The molecule has 0 atom stereocenters. The highest BCUT2D eigenvalue weighted by atomic mass is 16.6. The van der Waals surface area contributed by atoms with Crippen LogP contribution in [-0.4, -0.2) is 39.6 Å². The van der Waals surface area contributed by atoms with Crippen molar-refractivity contribution in [2.75, 3.05) is 5.73 Å². The number of aryl methyl sites for hydroxylation is 5. The van der Waals surface area contributed by atoms with Gasteiger partial charge >= 0.3 is 11.6 Å². The van der Waals surface area contributed by atoms with E-state index in [1.807, 2.05) is 20.0 Å². The Bertz CT molecular complexity index is 886. The molecule has 0 aliphatic carbocycles. The Kier molecular flexibility index (Phi) is 7.15. The first-order valence-electron chi connectivity index (χ1n) is 7.58. The van der Waals surface area contributed by atoms with Gasteiger partial charge in [-0.25, -0.2) is 0 Å². The predicted octanol–water partition coefficient (Wildman–Crippen LogP) is 1.57. The Morgan fingerprint density at radius 1 is 0.963 bits per heavy atom. The molecule has 3 N–H and O–H groups in total. The van der Waals surface area contributed by atoms with Crippen LogP contribution in [0.1, 0.15) is 17.1 Å². The summed E-state index contributed by atoms with van der Waals surface area (Å²) in [6.07, 6.45) is 0. The molecule has 0 bridgehead atoms. The fourth-order valence-electron chi connectivity index (χ4n) is 1.72. The summed E-state index contributed by atoms with van der Waals surface area (Å²) in [7, 11) is 3.54. The number of H-pyrrole nitrogens is 1. The Labute approximate surface area is 154 Å². The lowest BCUT2D eigenvalue weighted by atomic mass is 10.5. The van der Waals surface area contributed by atoms with E-state index in [1.165, 1.54) is 16.8 Å². The lowest BCUT2D eigenvalue weighted by molar-refractivity contribution is -0.389. The second kappa shape index (κ2) is 9.07. The standard InChI is InChI=1S/C5H7N3O2.C5H9N3.C4H5N3O2/c1-4-3-5(8(9)10)6-7(4)2;1-4-3-5(6)7-8(4)2;1-3-2-4(6-5-3)7(8)9/h3H,1-2H3;3H,1-2H3,(H2,6,7);2H,1H3,(H,5,6). The van der Waals surface area contributed by atoms with Crippen molar-refractivity contribution < 1.29 is 9.85 Å². The average molecular weight is 379 g/mol. The second-order valence-corrected chi connectivity index (χ2v) is 5.51. The molecular weight excluding hydrogens is 358 g/mol. The minimum Gasteiger partial charge on any atom is -0.382 e. The molecule has 0 aliphatic rings.